The number of aromatic nitrogens is 5. The second-order valence-electron chi connectivity index (χ2n) is 4.92. The largest absolute Gasteiger partial charge is 0.462 e. The van der Waals surface area contributed by atoms with Crippen molar-refractivity contribution >= 4 is 33.3 Å². The molecule has 0 spiro atoms. The van der Waals surface area contributed by atoms with Crippen LogP contribution in [0.5, 0.6) is 0 Å². The Labute approximate surface area is 136 Å². The first-order valence-electron chi connectivity index (χ1n) is 7.14. The number of carbonyl (C=O) groups is 1. The average Bonchev–Trinajstić information content (AvgIpc) is 3.16. The second kappa shape index (κ2) is 6.29. The van der Waals surface area contributed by atoms with E-state index in [0.717, 1.165) is 15.8 Å². The first-order valence-corrected chi connectivity index (χ1v) is 7.96. The number of aryl methyl sites for hydroxylation is 1. The molecule has 1 unspecified atom stereocenters. The van der Waals surface area contributed by atoms with Crippen LogP contribution in [-0.2, 0) is 4.74 Å². The molecule has 0 aliphatic rings. The van der Waals surface area contributed by atoms with Gasteiger partial charge in [0.2, 0.25) is 0 Å². The van der Waals surface area contributed by atoms with E-state index in [4.69, 9.17) is 4.74 Å². The molecule has 8 nitrogen and oxygen atoms in total. The highest BCUT2D eigenvalue weighted by atomic mass is 32.1. The molecule has 9 heteroatoms. The van der Waals surface area contributed by atoms with Crippen LogP contribution in [0, 0.1) is 6.92 Å². The molecule has 120 valence electrons. The van der Waals surface area contributed by atoms with E-state index in [0.29, 0.717) is 23.1 Å². The monoisotopic (exact) mass is 332 g/mol. The van der Waals surface area contributed by atoms with Crippen LogP contribution >= 0.6 is 11.3 Å². The van der Waals surface area contributed by atoms with Gasteiger partial charge in [-0.25, -0.2) is 19.7 Å². The molecular formula is C14H16N6O2S. The number of nitrogens with one attached hydrogen (secondary N) is 2. The molecule has 3 aromatic rings. The van der Waals surface area contributed by atoms with E-state index in [9.17, 15) is 4.79 Å². The molecule has 3 heterocycles. The molecule has 2 N–H and O–H groups in total. The molecule has 0 aliphatic heterocycles. The van der Waals surface area contributed by atoms with Gasteiger partial charge in [-0.2, -0.15) is 5.10 Å². The SMILES string of the molecule is CCOC(=O)c1sc2ncnc(NC(C)c3ncn[nH]3)c2c1C. The fourth-order valence-electron chi connectivity index (χ4n) is 2.27. The van der Waals surface area contributed by atoms with Gasteiger partial charge in [0.05, 0.1) is 18.0 Å². The summed E-state index contributed by atoms with van der Waals surface area (Å²) in [4.78, 5) is 26.0. The maximum atomic E-state index is 12.1. The zero-order valence-electron chi connectivity index (χ0n) is 13.0. The highest BCUT2D eigenvalue weighted by Crippen LogP contribution is 2.34. The van der Waals surface area contributed by atoms with E-state index in [-0.39, 0.29) is 12.0 Å². The first kappa shape index (κ1) is 15.3. The minimum absolute atomic E-state index is 0.110. The van der Waals surface area contributed by atoms with Gasteiger partial charge in [-0.3, -0.25) is 5.10 Å². The minimum atomic E-state index is -0.331. The van der Waals surface area contributed by atoms with Gasteiger partial charge in [0.15, 0.2) is 0 Å². The lowest BCUT2D eigenvalue weighted by molar-refractivity contribution is 0.0531. The van der Waals surface area contributed by atoms with E-state index in [1.54, 1.807) is 6.92 Å². The highest BCUT2D eigenvalue weighted by Gasteiger charge is 2.21. The van der Waals surface area contributed by atoms with Crippen molar-refractivity contribution < 1.29 is 9.53 Å². The molecule has 0 saturated carbocycles. The van der Waals surface area contributed by atoms with Crippen molar-refractivity contribution in [3.05, 3.63) is 28.9 Å². The lowest BCUT2D eigenvalue weighted by Crippen LogP contribution is -2.10. The van der Waals surface area contributed by atoms with E-state index in [1.807, 2.05) is 13.8 Å². The second-order valence-corrected chi connectivity index (χ2v) is 5.91. The minimum Gasteiger partial charge on any atom is -0.462 e. The van der Waals surface area contributed by atoms with Crippen LogP contribution in [0.15, 0.2) is 12.7 Å². The lowest BCUT2D eigenvalue weighted by Gasteiger charge is -2.12. The summed E-state index contributed by atoms with van der Waals surface area (Å²) in [5.74, 6) is 1.03. The van der Waals surface area contributed by atoms with Crippen molar-refractivity contribution in [1.82, 2.24) is 25.1 Å². The van der Waals surface area contributed by atoms with Crippen molar-refractivity contribution in [3.8, 4) is 0 Å². The predicted molar refractivity (Wildman–Crippen MR) is 86.5 cm³/mol. The third kappa shape index (κ3) is 2.87. The molecule has 3 aromatic heterocycles. The van der Waals surface area contributed by atoms with E-state index >= 15 is 0 Å². The quantitative estimate of drug-likeness (QED) is 0.691. The molecule has 0 saturated heterocycles. The number of esters is 1. The topological polar surface area (TPSA) is 106 Å². The van der Waals surface area contributed by atoms with Crippen molar-refractivity contribution in [1.29, 1.82) is 0 Å². The Hall–Kier alpha value is -2.55. The highest BCUT2D eigenvalue weighted by molar-refractivity contribution is 7.20. The summed E-state index contributed by atoms with van der Waals surface area (Å²) in [5.41, 5.74) is 0.816. The van der Waals surface area contributed by atoms with E-state index in [1.165, 1.54) is 24.0 Å². The van der Waals surface area contributed by atoms with Gasteiger partial charge >= 0.3 is 5.97 Å². The van der Waals surface area contributed by atoms with E-state index in [2.05, 4.69) is 30.5 Å². The van der Waals surface area contributed by atoms with Crippen LogP contribution in [0.2, 0.25) is 0 Å². The molecule has 0 aromatic carbocycles. The van der Waals surface area contributed by atoms with Crippen LogP contribution in [-0.4, -0.2) is 37.7 Å². The molecule has 0 aliphatic carbocycles. The third-order valence-corrected chi connectivity index (χ3v) is 4.56. The number of rotatable bonds is 5. The van der Waals surface area contributed by atoms with Crippen LogP contribution in [0.25, 0.3) is 10.2 Å². The van der Waals surface area contributed by atoms with Crippen molar-refractivity contribution in [2.24, 2.45) is 0 Å². The normalized spacial score (nSPS) is 12.3. The number of aromatic amines is 1. The van der Waals surface area contributed by atoms with Crippen molar-refractivity contribution in [2.75, 3.05) is 11.9 Å². The Morgan fingerprint density at radius 2 is 2.22 bits per heavy atom. The molecule has 0 radical (unpaired) electrons. The summed E-state index contributed by atoms with van der Waals surface area (Å²) < 4.78 is 5.10. The first-order chi connectivity index (χ1) is 11.1. The number of anilines is 1. The molecule has 3 rings (SSSR count). The van der Waals surface area contributed by atoms with Crippen LogP contribution < -0.4 is 5.32 Å². The smallest absolute Gasteiger partial charge is 0.348 e. The van der Waals surface area contributed by atoms with Gasteiger partial charge in [0.1, 0.15) is 34.0 Å². The van der Waals surface area contributed by atoms with Gasteiger partial charge in [0, 0.05) is 0 Å². The number of nitrogens with zero attached hydrogens (tertiary/aromatic N) is 4. The summed E-state index contributed by atoms with van der Waals surface area (Å²) in [6.07, 6.45) is 2.93. The molecule has 0 amide bonds. The fraction of sp³-hybridized carbons (Fsp3) is 0.357. The van der Waals surface area contributed by atoms with Gasteiger partial charge in [-0.05, 0) is 26.3 Å². The average molecular weight is 332 g/mol. The fourth-order valence-corrected chi connectivity index (χ4v) is 3.31. The summed E-state index contributed by atoms with van der Waals surface area (Å²) >= 11 is 1.31. The Kier molecular flexibility index (Phi) is 4.20. The number of ether oxygens (including phenoxy) is 1. The summed E-state index contributed by atoms with van der Waals surface area (Å²) in [5, 5.41) is 10.8. The molecule has 0 fully saturated rings. The van der Waals surface area contributed by atoms with Crippen LogP contribution in [0.3, 0.4) is 0 Å². The van der Waals surface area contributed by atoms with Gasteiger partial charge in [-0.1, -0.05) is 0 Å². The Balaban J connectivity index is 1.99. The number of thiophene rings is 1. The third-order valence-electron chi connectivity index (χ3n) is 3.38. The maximum Gasteiger partial charge on any atom is 0.348 e. The predicted octanol–water partition coefficient (Wildman–Crippen LogP) is 2.47. The number of hydrogen-bond donors (Lipinski definition) is 2. The zero-order chi connectivity index (χ0) is 16.4. The number of hydrogen-bond acceptors (Lipinski definition) is 8. The number of H-pyrrole nitrogens is 1. The summed E-state index contributed by atoms with van der Waals surface area (Å²) in [6, 6.07) is -0.110. The molecule has 1 atom stereocenters. The molecule has 0 bridgehead atoms. The van der Waals surface area contributed by atoms with Gasteiger partial charge in [-0.15, -0.1) is 11.3 Å². The zero-order valence-corrected chi connectivity index (χ0v) is 13.8. The Morgan fingerprint density at radius 1 is 1.39 bits per heavy atom. The summed E-state index contributed by atoms with van der Waals surface area (Å²) in [7, 11) is 0. The van der Waals surface area contributed by atoms with Crippen LogP contribution in [0.1, 0.15) is 40.9 Å². The Bertz CT molecular complexity index is 829. The van der Waals surface area contributed by atoms with Crippen LogP contribution in [0.4, 0.5) is 5.82 Å². The standard InChI is InChI=1S/C14H16N6O2S/c1-4-22-14(21)10-7(2)9-12(15-5-17-13(9)23-10)19-8(3)11-16-6-18-20-11/h5-6,8H,4H2,1-3H3,(H,15,17,19)(H,16,18,20). The maximum absolute atomic E-state index is 12.1. The Morgan fingerprint density at radius 3 is 2.91 bits per heavy atom. The van der Waals surface area contributed by atoms with Gasteiger partial charge in [0.25, 0.3) is 0 Å². The van der Waals surface area contributed by atoms with E-state index < -0.39 is 0 Å². The van der Waals surface area contributed by atoms with Crippen molar-refractivity contribution in [3.63, 3.8) is 0 Å². The van der Waals surface area contributed by atoms with Gasteiger partial charge < -0.3 is 10.1 Å². The molecular weight excluding hydrogens is 316 g/mol. The molecule has 23 heavy (non-hydrogen) atoms. The number of fused-ring (bicyclic) bond motifs is 1. The lowest BCUT2D eigenvalue weighted by atomic mass is 10.2. The summed E-state index contributed by atoms with van der Waals surface area (Å²) in [6.45, 7) is 5.94. The van der Waals surface area contributed by atoms with Crippen molar-refractivity contribution in [2.45, 2.75) is 26.8 Å². The number of carbonyl (C=O) groups excluding carboxylic acids is 1.